The van der Waals surface area contributed by atoms with Gasteiger partial charge in [0.15, 0.2) is 0 Å². The van der Waals surface area contributed by atoms with E-state index in [4.69, 9.17) is 5.11 Å². The number of carbonyl (C=O) groups is 2. The van der Waals surface area contributed by atoms with Crippen LogP contribution in [0.3, 0.4) is 0 Å². The van der Waals surface area contributed by atoms with Gasteiger partial charge in [-0.3, -0.25) is 9.20 Å². The monoisotopic (exact) mass is 289 g/mol. The van der Waals surface area contributed by atoms with Crippen LogP contribution in [0.25, 0.3) is 5.65 Å². The summed E-state index contributed by atoms with van der Waals surface area (Å²) in [7, 11) is 0. The van der Waals surface area contributed by atoms with Gasteiger partial charge in [0.2, 0.25) is 0 Å². The molecular weight excluding hydrogens is 270 g/mol. The van der Waals surface area contributed by atoms with Crippen LogP contribution < -0.4 is 5.32 Å². The van der Waals surface area contributed by atoms with Gasteiger partial charge in [-0.15, -0.1) is 0 Å². The Hall–Kier alpha value is -2.37. The molecule has 1 unspecified atom stereocenters. The molecule has 21 heavy (non-hydrogen) atoms. The molecule has 0 spiro atoms. The largest absolute Gasteiger partial charge is 0.480 e. The van der Waals surface area contributed by atoms with Crippen LogP contribution in [-0.2, 0) is 11.2 Å². The summed E-state index contributed by atoms with van der Waals surface area (Å²) in [5, 5.41) is 11.7. The van der Waals surface area contributed by atoms with Crippen molar-refractivity contribution in [1.29, 1.82) is 0 Å². The van der Waals surface area contributed by atoms with Crippen LogP contribution in [0.5, 0.6) is 0 Å². The summed E-state index contributed by atoms with van der Waals surface area (Å²) in [5.74, 6) is -1.41. The lowest BCUT2D eigenvalue weighted by Gasteiger charge is -2.13. The second kappa shape index (κ2) is 6.39. The van der Waals surface area contributed by atoms with Gasteiger partial charge in [-0.25, -0.2) is 9.78 Å². The number of hydrogen-bond donors (Lipinski definition) is 2. The topological polar surface area (TPSA) is 83.7 Å². The molecule has 0 aromatic carbocycles. The van der Waals surface area contributed by atoms with E-state index in [9.17, 15) is 9.59 Å². The molecule has 0 bridgehead atoms. The Bertz CT molecular complexity index is 663. The molecule has 0 aliphatic carbocycles. The van der Waals surface area contributed by atoms with Crippen LogP contribution >= 0.6 is 0 Å². The number of carboxylic acids is 1. The highest BCUT2D eigenvalue weighted by Crippen LogP contribution is 2.14. The first-order valence-electron chi connectivity index (χ1n) is 7.08. The SMILES string of the molecule is CCCC(NC(=O)c1c(CC)nc2ccccn12)C(=O)O. The molecule has 1 amide bonds. The second-order valence-corrected chi connectivity index (χ2v) is 4.84. The summed E-state index contributed by atoms with van der Waals surface area (Å²) < 4.78 is 1.69. The van der Waals surface area contributed by atoms with Crippen molar-refractivity contribution in [3.8, 4) is 0 Å². The number of nitrogens with zero attached hydrogens (tertiary/aromatic N) is 2. The minimum atomic E-state index is -1.02. The lowest BCUT2D eigenvalue weighted by molar-refractivity contribution is -0.139. The summed E-state index contributed by atoms with van der Waals surface area (Å²) >= 11 is 0. The Morgan fingerprint density at radius 3 is 2.76 bits per heavy atom. The van der Waals surface area contributed by atoms with Crippen LogP contribution in [0.4, 0.5) is 0 Å². The van der Waals surface area contributed by atoms with E-state index in [2.05, 4.69) is 10.3 Å². The predicted molar refractivity (Wildman–Crippen MR) is 78.4 cm³/mol. The van der Waals surface area contributed by atoms with Crippen molar-refractivity contribution >= 4 is 17.5 Å². The Kier molecular flexibility index (Phi) is 4.57. The van der Waals surface area contributed by atoms with Gasteiger partial charge in [-0.1, -0.05) is 26.3 Å². The lowest BCUT2D eigenvalue weighted by atomic mass is 10.1. The molecule has 2 N–H and O–H groups in total. The van der Waals surface area contributed by atoms with E-state index in [-0.39, 0.29) is 0 Å². The molecule has 6 heteroatoms. The Morgan fingerprint density at radius 2 is 2.14 bits per heavy atom. The minimum absolute atomic E-state index is 0.397. The van der Waals surface area contributed by atoms with Gasteiger partial charge in [0.05, 0.1) is 5.69 Å². The zero-order valence-electron chi connectivity index (χ0n) is 12.2. The molecule has 1 atom stereocenters. The number of carboxylic acid groups (broad SMARTS) is 1. The number of hydrogen-bond acceptors (Lipinski definition) is 3. The third-order valence-corrected chi connectivity index (χ3v) is 3.33. The molecule has 2 rings (SSSR count). The van der Waals surface area contributed by atoms with Gasteiger partial charge >= 0.3 is 5.97 Å². The van der Waals surface area contributed by atoms with Crippen LogP contribution in [0.1, 0.15) is 42.9 Å². The van der Waals surface area contributed by atoms with Gasteiger partial charge in [0, 0.05) is 6.20 Å². The van der Waals surface area contributed by atoms with Crippen LogP contribution in [0.15, 0.2) is 24.4 Å². The van der Waals surface area contributed by atoms with Gasteiger partial charge in [0.25, 0.3) is 5.91 Å². The Balaban J connectivity index is 2.36. The predicted octanol–water partition coefficient (Wildman–Crippen LogP) is 1.88. The normalized spacial score (nSPS) is 12.3. The van der Waals surface area contributed by atoms with E-state index >= 15 is 0 Å². The smallest absolute Gasteiger partial charge is 0.326 e. The zero-order chi connectivity index (χ0) is 15.4. The molecule has 0 saturated heterocycles. The molecular formula is C15H19N3O3. The van der Waals surface area contributed by atoms with Crippen molar-refractivity contribution in [1.82, 2.24) is 14.7 Å². The molecule has 2 aromatic heterocycles. The average Bonchev–Trinajstić information content (AvgIpc) is 2.85. The highest BCUT2D eigenvalue weighted by molar-refractivity contribution is 5.97. The number of imidazole rings is 1. The third-order valence-electron chi connectivity index (χ3n) is 3.33. The van der Waals surface area contributed by atoms with Crippen molar-refractivity contribution in [2.45, 2.75) is 39.2 Å². The standard InChI is InChI=1S/C15H19N3O3/c1-3-7-11(15(20)21)17-14(19)13-10(4-2)16-12-8-5-6-9-18(12)13/h5-6,8-9,11H,3-4,7H2,1-2H3,(H,17,19)(H,20,21). The lowest BCUT2D eigenvalue weighted by Crippen LogP contribution is -2.41. The van der Waals surface area contributed by atoms with E-state index in [1.54, 1.807) is 10.6 Å². The molecule has 2 heterocycles. The molecule has 112 valence electrons. The van der Waals surface area contributed by atoms with Crippen molar-refractivity contribution in [2.75, 3.05) is 0 Å². The molecule has 2 aromatic rings. The minimum Gasteiger partial charge on any atom is -0.480 e. The molecule has 0 aliphatic rings. The second-order valence-electron chi connectivity index (χ2n) is 4.84. The van der Waals surface area contributed by atoms with Crippen molar-refractivity contribution in [2.24, 2.45) is 0 Å². The quantitative estimate of drug-likeness (QED) is 0.850. The maximum atomic E-state index is 12.5. The maximum Gasteiger partial charge on any atom is 0.326 e. The fourth-order valence-corrected chi connectivity index (χ4v) is 2.30. The zero-order valence-corrected chi connectivity index (χ0v) is 12.2. The van der Waals surface area contributed by atoms with Crippen molar-refractivity contribution in [3.05, 3.63) is 35.8 Å². The number of amides is 1. The summed E-state index contributed by atoms with van der Waals surface area (Å²) in [6.45, 7) is 3.80. The number of carbonyl (C=O) groups excluding carboxylic acids is 1. The summed E-state index contributed by atoms with van der Waals surface area (Å²) in [6.07, 6.45) is 3.45. The molecule has 0 aliphatic heterocycles. The van der Waals surface area contributed by atoms with Gasteiger partial charge in [-0.2, -0.15) is 0 Å². The first-order chi connectivity index (χ1) is 10.1. The maximum absolute atomic E-state index is 12.5. The number of aryl methyl sites for hydroxylation is 1. The van der Waals surface area contributed by atoms with Gasteiger partial charge in [0.1, 0.15) is 17.4 Å². The molecule has 0 fully saturated rings. The molecule has 0 saturated carbocycles. The number of pyridine rings is 1. The first kappa shape index (κ1) is 15.0. The van der Waals surface area contributed by atoms with Gasteiger partial charge in [-0.05, 0) is 25.0 Å². The summed E-state index contributed by atoms with van der Waals surface area (Å²) in [6, 6.07) is 4.60. The number of fused-ring (bicyclic) bond motifs is 1. The van der Waals surface area contributed by atoms with Crippen molar-refractivity contribution < 1.29 is 14.7 Å². The Morgan fingerprint density at radius 1 is 1.38 bits per heavy atom. The Labute approximate surface area is 122 Å². The van der Waals surface area contributed by atoms with Crippen LogP contribution in [-0.4, -0.2) is 32.4 Å². The number of nitrogens with one attached hydrogen (secondary N) is 1. The van der Waals surface area contributed by atoms with E-state index in [1.807, 2.05) is 32.0 Å². The summed E-state index contributed by atoms with van der Waals surface area (Å²) in [4.78, 5) is 28.0. The molecule has 6 nitrogen and oxygen atoms in total. The third kappa shape index (κ3) is 3.04. The number of aliphatic carboxylic acids is 1. The first-order valence-corrected chi connectivity index (χ1v) is 7.08. The van der Waals surface area contributed by atoms with E-state index in [0.717, 1.165) is 0 Å². The summed E-state index contributed by atoms with van der Waals surface area (Å²) in [5.41, 5.74) is 1.76. The fraction of sp³-hybridized carbons (Fsp3) is 0.400. The number of aromatic nitrogens is 2. The molecule has 0 radical (unpaired) electrons. The van der Waals surface area contributed by atoms with E-state index < -0.39 is 17.9 Å². The highest BCUT2D eigenvalue weighted by atomic mass is 16.4. The van der Waals surface area contributed by atoms with Crippen LogP contribution in [0.2, 0.25) is 0 Å². The van der Waals surface area contributed by atoms with E-state index in [1.165, 1.54) is 0 Å². The highest BCUT2D eigenvalue weighted by Gasteiger charge is 2.24. The van der Waals surface area contributed by atoms with E-state index in [0.29, 0.717) is 36.3 Å². The van der Waals surface area contributed by atoms with Crippen LogP contribution in [0, 0.1) is 0 Å². The number of rotatable bonds is 6. The van der Waals surface area contributed by atoms with Gasteiger partial charge < -0.3 is 10.4 Å². The average molecular weight is 289 g/mol. The van der Waals surface area contributed by atoms with Crippen molar-refractivity contribution in [3.63, 3.8) is 0 Å². The fourth-order valence-electron chi connectivity index (χ4n) is 2.30.